The highest BCUT2D eigenvalue weighted by atomic mass is 31.0. The van der Waals surface area contributed by atoms with Gasteiger partial charge in [0.2, 0.25) is 0 Å². The van der Waals surface area contributed by atoms with Gasteiger partial charge in [0.1, 0.15) is 0 Å². The Balaban J connectivity index is 2.39. The van der Waals surface area contributed by atoms with Crippen LogP contribution in [0, 0.1) is 0 Å². The van der Waals surface area contributed by atoms with Gasteiger partial charge in [0, 0.05) is 0 Å². The smallest absolute Gasteiger partial charge is 0.00513 e. The summed E-state index contributed by atoms with van der Waals surface area (Å²) in [5.74, 6) is 0. The van der Waals surface area contributed by atoms with Gasteiger partial charge in [0.05, 0.1) is 0 Å². The summed E-state index contributed by atoms with van der Waals surface area (Å²) in [6.45, 7) is 0. The summed E-state index contributed by atoms with van der Waals surface area (Å²) in [5, 5.41) is 0. The number of rotatable bonds is 0. The Morgan fingerprint density at radius 3 is 2.20 bits per heavy atom. The molecule has 1 rings (SSSR count). The molecular weight excluding hydrogens is 79.0 g/mol. The Morgan fingerprint density at radius 1 is 1.80 bits per heavy atom. The van der Waals surface area contributed by atoms with Crippen molar-refractivity contribution in [2.24, 2.45) is 0 Å². The molecule has 0 aromatic rings. The Kier molecular flexibility index (Phi) is 0.740. The zero-order valence-electron chi connectivity index (χ0n) is 3.02. The molecule has 1 aliphatic carbocycles. The molecule has 28 valence electrons. The largest absolute Gasteiger partial charge is 0.130 e. The fraction of sp³-hybridized carbons (Fsp3) is 0.500. The maximum atomic E-state index is 2.73. The van der Waals surface area contributed by atoms with E-state index in [-0.39, 0.29) is 0 Å². The lowest BCUT2D eigenvalue weighted by Gasteiger charge is -2.07. The van der Waals surface area contributed by atoms with Crippen molar-refractivity contribution in [3.8, 4) is 0 Å². The summed E-state index contributed by atoms with van der Waals surface area (Å²) < 4.78 is 0. The van der Waals surface area contributed by atoms with Gasteiger partial charge < -0.3 is 0 Å². The van der Waals surface area contributed by atoms with Gasteiger partial charge in [-0.2, -0.15) is 0 Å². The second-order valence-corrected chi connectivity index (χ2v) is 2.18. The van der Waals surface area contributed by atoms with Crippen molar-refractivity contribution < 1.29 is 0 Å². The maximum Gasteiger partial charge on any atom is -0.00513 e. The Bertz CT molecular complexity index is 56.7. The molecule has 5 heavy (non-hydrogen) atoms. The summed E-state index contributed by atoms with van der Waals surface area (Å²) in [6, 6.07) is 0. The van der Waals surface area contributed by atoms with Crippen LogP contribution in [0.15, 0.2) is 12.2 Å². The third-order valence-corrected chi connectivity index (χ3v) is 1.29. The Labute approximate surface area is 34.5 Å². The summed E-state index contributed by atoms with van der Waals surface area (Å²) >= 11 is 0. The maximum absolute atomic E-state index is 2.73. The molecule has 1 heteroatoms. The van der Waals surface area contributed by atoms with Crippen molar-refractivity contribution in [1.29, 1.82) is 0 Å². The lowest BCUT2D eigenvalue weighted by molar-refractivity contribution is 0.985. The zero-order chi connectivity index (χ0) is 3.70. The quantitative estimate of drug-likeness (QED) is 0.307. The van der Waals surface area contributed by atoms with Crippen molar-refractivity contribution in [3.05, 3.63) is 12.2 Å². The van der Waals surface area contributed by atoms with Crippen LogP contribution in [0.4, 0.5) is 0 Å². The van der Waals surface area contributed by atoms with E-state index < -0.39 is 0 Å². The summed E-state index contributed by atoms with van der Waals surface area (Å²) in [5.41, 5.74) is 0.801. The van der Waals surface area contributed by atoms with Crippen LogP contribution < -0.4 is 0 Å². The molecule has 0 spiro atoms. The third kappa shape index (κ3) is 0.516. The van der Waals surface area contributed by atoms with Crippen LogP contribution in [-0.2, 0) is 0 Å². The van der Waals surface area contributed by atoms with Crippen molar-refractivity contribution >= 4 is 9.24 Å². The molecule has 2 atom stereocenters. The predicted molar refractivity (Wildman–Crippen MR) is 27.3 cm³/mol. The highest BCUT2D eigenvalue weighted by Gasteiger charge is 1.98. The molecule has 0 aliphatic heterocycles. The van der Waals surface area contributed by atoms with E-state index in [0.717, 1.165) is 5.66 Å². The van der Waals surface area contributed by atoms with Gasteiger partial charge in [-0.25, -0.2) is 0 Å². The van der Waals surface area contributed by atoms with Crippen LogP contribution >= 0.6 is 9.24 Å². The average Bonchev–Trinajstić information content (AvgIpc) is 1.30. The second kappa shape index (κ2) is 1.10. The molecule has 0 bridgehead atoms. The van der Waals surface area contributed by atoms with Gasteiger partial charge in [-0.05, 0) is 12.1 Å². The normalized spacial score (nSPS) is 33.4. The minimum Gasteiger partial charge on any atom is -0.130 e. The van der Waals surface area contributed by atoms with E-state index in [1.54, 1.807) is 0 Å². The molecule has 0 aromatic heterocycles. The first-order valence-corrected chi connectivity index (χ1v) is 2.48. The highest BCUT2D eigenvalue weighted by Crippen LogP contribution is 2.15. The van der Waals surface area contributed by atoms with E-state index in [1.807, 2.05) is 0 Å². The van der Waals surface area contributed by atoms with Crippen LogP contribution in [-0.4, -0.2) is 5.66 Å². The summed E-state index contributed by atoms with van der Waals surface area (Å²) in [4.78, 5) is 0. The minimum atomic E-state index is 0.801. The van der Waals surface area contributed by atoms with E-state index in [1.165, 1.54) is 6.42 Å². The fourth-order valence-corrected chi connectivity index (χ4v) is 0.607. The van der Waals surface area contributed by atoms with Crippen LogP contribution in [0.3, 0.4) is 0 Å². The third-order valence-electron chi connectivity index (χ3n) is 0.792. The van der Waals surface area contributed by atoms with Crippen molar-refractivity contribution in [2.45, 2.75) is 12.1 Å². The number of hydrogen-bond donors (Lipinski definition) is 0. The molecular formula is C4H7P. The van der Waals surface area contributed by atoms with Crippen molar-refractivity contribution in [3.63, 3.8) is 0 Å². The second-order valence-electron chi connectivity index (χ2n) is 1.33. The molecule has 0 saturated carbocycles. The molecule has 0 saturated heterocycles. The zero-order valence-corrected chi connectivity index (χ0v) is 4.17. The van der Waals surface area contributed by atoms with Crippen LogP contribution in [0.5, 0.6) is 0 Å². The van der Waals surface area contributed by atoms with E-state index in [4.69, 9.17) is 0 Å². The standard InChI is InChI=1S/C4H7P/c5-4-2-1-3-4/h1-2,4H,3,5H2/t4-/m0/s1. The van der Waals surface area contributed by atoms with Gasteiger partial charge in [-0.1, -0.05) is 12.2 Å². The van der Waals surface area contributed by atoms with Crippen LogP contribution in [0.1, 0.15) is 6.42 Å². The monoisotopic (exact) mass is 86.0 g/mol. The summed E-state index contributed by atoms with van der Waals surface area (Å²) in [7, 11) is 2.73. The fourth-order valence-electron chi connectivity index (χ4n) is 0.293. The first kappa shape index (κ1) is 3.36. The number of allylic oxidation sites excluding steroid dienone is 2. The Morgan fingerprint density at radius 2 is 2.20 bits per heavy atom. The van der Waals surface area contributed by atoms with Crippen LogP contribution in [0.2, 0.25) is 0 Å². The van der Waals surface area contributed by atoms with Gasteiger partial charge in [0.15, 0.2) is 0 Å². The molecule has 1 aliphatic rings. The first-order valence-electron chi connectivity index (χ1n) is 1.82. The van der Waals surface area contributed by atoms with E-state index >= 15 is 0 Å². The SMILES string of the molecule is P[C@H]1C=CC1. The van der Waals surface area contributed by atoms with Crippen LogP contribution in [0.25, 0.3) is 0 Å². The average molecular weight is 86.1 g/mol. The topological polar surface area (TPSA) is 0 Å². The molecule has 0 fully saturated rings. The van der Waals surface area contributed by atoms with E-state index in [2.05, 4.69) is 21.4 Å². The predicted octanol–water partition coefficient (Wildman–Crippen LogP) is 1.19. The summed E-state index contributed by atoms with van der Waals surface area (Å²) in [6.07, 6.45) is 5.63. The van der Waals surface area contributed by atoms with Gasteiger partial charge in [-0.3, -0.25) is 0 Å². The van der Waals surface area contributed by atoms with E-state index in [0.29, 0.717) is 0 Å². The number of hydrogen-bond acceptors (Lipinski definition) is 0. The molecule has 1 unspecified atom stereocenters. The molecule has 0 N–H and O–H groups in total. The minimum absolute atomic E-state index is 0.801. The molecule has 0 amide bonds. The van der Waals surface area contributed by atoms with E-state index in [9.17, 15) is 0 Å². The highest BCUT2D eigenvalue weighted by molar-refractivity contribution is 7.18. The van der Waals surface area contributed by atoms with Gasteiger partial charge in [-0.15, -0.1) is 9.24 Å². The van der Waals surface area contributed by atoms with Crippen molar-refractivity contribution in [1.82, 2.24) is 0 Å². The lowest BCUT2D eigenvalue weighted by atomic mass is 10.1. The van der Waals surface area contributed by atoms with Gasteiger partial charge >= 0.3 is 0 Å². The molecule has 0 aromatic carbocycles. The molecule has 0 radical (unpaired) electrons. The Hall–Kier alpha value is 0.170. The van der Waals surface area contributed by atoms with Gasteiger partial charge in [0.25, 0.3) is 0 Å². The molecule has 0 nitrogen and oxygen atoms in total. The van der Waals surface area contributed by atoms with Crippen molar-refractivity contribution in [2.75, 3.05) is 0 Å². The molecule has 0 heterocycles. The first-order chi connectivity index (χ1) is 2.39. The lowest BCUT2D eigenvalue weighted by Crippen LogP contribution is -1.96.